The van der Waals surface area contributed by atoms with Gasteiger partial charge >= 0.3 is 12.4 Å². The van der Waals surface area contributed by atoms with Crippen LogP contribution in [0.3, 0.4) is 0 Å². The van der Waals surface area contributed by atoms with Crippen LogP contribution in [0.1, 0.15) is 31.8 Å². The minimum absolute atomic E-state index is 0.170. The molecule has 4 aromatic rings. The number of carbonyl (C=O) groups excluding carboxylic acids is 2. The Morgan fingerprint density at radius 3 is 1.13 bits per heavy atom. The first kappa shape index (κ1) is 32.0. The van der Waals surface area contributed by atoms with Crippen molar-refractivity contribution in [1.29, 1.82) is 0 Å². The molecule has 0 aromatic heterocycles. The lowest BCUT2D eigenvalue weighted by atomic mass is 10.1. The van der Waals surface area contributed by atoms with Gasteiger partial charge in [0, 0.05) is 0 Å². The van der Waals surface area contributed by atoms with Crippen LogP contribution in [-0.2, 0) is 12.4 Å². The van der Waals surface area contributed by atoms with Crippen molar-refractivity contribution in [2.75, 3.05) is 10.6 Å². The van der Waals surface area contributed by atoms with E-state index in [1.807, 2.05) is 10.6 Å². The van der Waals surface area contributed by atoms with E-state index in [4.69, 9.17) is 9.47 Å². The van der Waals surface area contributed by atoms with Gasteiger partial charge in [-0.15, -0.1) is 0 Å². The van der Waals surface area contributed by atoms with Crippen molar-refractivity contribution in [3.05, 3.63) is 106 Å². The standard InChI is InChI=1S/2C14H5F6NO2/c2*15-8-7(14(18,19)20)9(16)12-11(10(8)17)21-13(22)5-3-1-2-4-6(5)23-12/h2*1-4H,(H,21,22). The molecule has 2 N–H and O–H groups in total. The number of ether oxygens (including phenoxy) is 2. The molecule has 46 heavy (non-hydrogen) atoms. The number of carbonyl (C=O) groups is 2. The van der Waals surface area contributed by atoms with Gasteiger partial charge in [0.1, 0.15) is 34.0 Å². The summed E-state index contributed by atoms with van der Waals surface area (Å²) >= 11 is 0. The van der Waals surface area contributed by atoms with E-state index >= 15 is 0 Å². The van der Waals surface area contributed by atoms with E-state index in [1.165, 1.54) is 48.5 Å². The third-order valence-electron chi connectivity index (χ3n) is 6.29. The molecule has 2 aliphatic rings. The molecule has 2 heterocycles. The summed E-state index contributed by atoms with van der Waals surface area (Å²) in [6.07, 6.45) is -11.0. The van der Waals surface area contributed by atoms with Gasteiger partial charge in [-0.05, 0) is 24.3 Å². The third-order valence-corrected chi connectivity index (χ3v) is 6.29. The van der Waals surface area contributed by atoms with Crippen molar-refractivity contribution < 1.29 is 71.7 Å². The summed E-state index contributed by atoms with van der Waals surface area (Å²) in [7, 11) is 0. The molecule has 0 aliphatic carbocycles. The number of nitrogens with one attached hydrogen (secondary N) is 2. The number of para-hydroxylation sites is 2. The molecule has 0 atom stereocenters. The monoisotopic (exact) mass is 666 g/mol. The lowest BCUT2D eigenvalue weighted by molar-refractivity contribution is -0.143. The Bertz CT molecular complexity index is 1800. The molecule has 0 unspecified atom stereocenters. The van der Waals surface area contributed by atoms with Gasteiger partial charge in [-0.25, -0.2) is 26.3 Å². The highest BCUT2D eigenvalue weighted by molar-refractivity contribution is 6.08. The second-order valence-electron chi connectivity index (χ2n) is 9.14. The van der Waals surface area contributed by atoms with E-state index in [-0.39, 0.29) is 22.6 Å². The lowest BCUT2D eigenvalue weighted by Crippen LogP contribution is -2.17. The fraction of sp³-hybridized carbons (Fsp3) is 0.0714. The Balaban J connectivity index is 0.000000181. The van der Waals surface area contributed by atoms with Crippen molar-refractivity contribution in [2.45, 2.75) is 12.4 Å². The third kappa shape index (κ3) is 5.39. The maximum absolute atomic E-state index is 14.1. The molecule has 0 radical (unpaired) electrons. The summed E-state index contributed by atoms with van der Waals surface area (Å²) in [5.74, 6) is -18.3. The van der Waals surface area contributed by atoms with Crippen molar-refractivity contribution in [1.82, 2.24) is 0 Å². The first-order chi connectivity index (χ1) is 21.4. The number of rotatable bonds is 0. The quantitative estimate of drug-likeness (QED) is 0.145. The van der Waals surface area contributed by atoms with Crippen LogP contribution < -0.4 is 20.1 Å². The van der Waals surface area contributed by atoms with E-state index in [0.717, 1.165) is 0 Å². The Morgan fingerprint density at radius 2 is 0.804 bits per heavy atom. The van der Waals surface area contributed by atoms with E-state index in [1.54, 1.807) is 0 Å². The number of benzene rings is 4. The summed E-state index contributed by atoms with van der Waals surface area (Å²) in [5, 5.41) is 3.64. The Morgan fingerprint density at radius 1 is 0.478 bits per heavy atom. The average Bonchev–Trinajstić information content (AvgIpc) is 3.22. The molecule has 0 bridgehead atoms. The molecule has 6 nitrogen and oxygen atoms in total. The molecular weight excluding hydrogens is 656 g/mol. The molecule has 4 aromatic carbocycles. The van der Waals surface area contributed by atoms with E-state index in [9.17, 15) is 62.3 Å². The molecule has 0 spiro atoms. The van der Waals surface area contributed by atoms with Gasteiger partial charge in [0.25, 0.3) is 11.8 Å². The average molecular weight is 666 g/mol. The van der Waals surface area contributed by atoms with Crippen molar-refractivity contribution in [3.8, 4) is 23.0 Å². The van der Waals surface area contributed by atoms with Gasteiger partial charge in [0.05, 0.1) is 11.1 Å². The topological polar surface area (TPSA) is 76.7 Å². The van der Waals surface area contributed by atoms with Crippen LogP contribution in [0.25, 0.3) is 0 Å². The van der Waals surface area contributed by atoms with Crippen LogP contribution in [0, 0.1) is 34.9 Å². The summed E-state index contributed by atoms with van der Waals surface area (Å²) < 4.78 is 169. The molecule has 240 valence electrons. The molecule has 18 heteroatoms. The minimum atomic E-state index is -5.48. The second-order valence-corrected chi connectivity index (χ2v) is 9.14. The molecule has 2 aliphatic heterocycles. The number of fused-ring (bicyclic) bond motifs is 4. The smallest absolute Gasteiger partial charge is 0.422 e. The van der Waals surface area contributed by atoms with E-state index < -0.39 is 93.1 Å². The Hall–Kier alpha value is -5.42. The van der Waals surface area contributed by atoms with Gasteiger partial charge < -0.3 is 20.1 Å². The summed E-state index contributed by atoms with van der Waals surface area (Å²) in [6.45, 7) is 0. The Kier molecular flexibility index (Phi) is 7.78. The van der Waals surface area contributed by atoms with Crippen molar-refractivity contribution in [2.24, 2.45) is 0 Å². The lowest BCUT2D eigenvalue weighted by Gasteiger charge is -2.16. The maximum atomic E-state index is 14.1. The zero-order chi connectivity index (χ0) is 33.9. The van der Waals surface area contributed by atoms with Crippen molar-refractivity contribution >= 4 is 23.2 Å². The van der Waals surface area contributed by atoms with Gasteiger partial charge in [-0.2, -0.15) is 26.3 Å². The fourth-order valence-corrected chi connectivity index (χ4v) is 4.26. The number of alkyl halides is 6. The summed E-state index contributed by atoms with van der Waals surface area (Å²) in [4.78, 5) is 23.8. The number of hydrogen-bond acceptors (Lipinski definition) is 4. The zero-order valence-corrected chi connectivity index (χ0v) is 21.8. The zero-order valence-electron chi connectivity index (χ0n) is 21.8. The fourth-order valence-electron chi connectivity index (χ4n) is 4.26. The second kappa shape index (κ2) is 11.2. The minimum Gasteiger partial charge on any atom is -0.451 e. The van der Waals surface area contributed by atoms with Gasteiger partial charge in [0.2, 0.25) is 0 Å². The van der Waals surface area contributed by atoms with Crippen LogP contribution in [0.15, 0.2) is 48.5 Å². The van der Waals surface area contributed by atoms with Gasteiger partial charge in [-0.1, -0.05) is 24.3 Å². The van der Waals surface area contributed by atoms with E-state index in [2.05, 4.69) is 0 Å². The number of amides is 2. The van der Waals surface area contributed by atoms with E-state index in [0.29, 0.717) is 0 Å². The Labute approximate surface area is 247 Å². The van der Waals surface area contributed by atoms with Crippen LogP contribution in [-0.4, -0.2) is 11.8 Å². The number of halogens is 12. The van der Waals surface area contributed by atoms with Gasteiger partial charge in [0.15, 0.2) is 46.4 Å². The predicted octanol–water partition coefficient (Wildman–Crippen LogP) is 8.96. The summed E-state index contributed by atoms with van der Waals surface area (Å²) in [6, 6.07) is 10.4. The molecule has 0 saturated heterocycles. The van der Waals surface area contributed by atoms with Crippen LogP contribution in [0.5, 0.6) is 23.0 Å². The number of hydrogen-bond donors (Lipinski definition) is 2. The molecule has 0 saturated carbocycles. The maximum Gasteiger partial charge on any atom is 0.422 e. The van der Waals surface area contributed by atoms with Crippen LogP contribution in [0.2, 0.25) is 0 Å². The molecule has 2 amide bonds. The molecule has 0 fully saturated rings. The first-order valence-corrected chi connectivity index (χ1v) is 12.1. The first-order valence-electron chi connectivity index (χ1n) is 12.1. The molecular formula is C28H10F12N2O4. The number of anilines is 2. The normalized spacial score (nSPS) is 13.6. The highest BCUT2D eigenvalue weighted by Crippen LogP contribution is 2.47. The highest BCUT2D eigenvalue weighted by Gasteiger charge is 2.45. The summed E-state index contributed by atoms with van der Waals surface area (Å²) in [5.41, 5.74) is -7.46. The van der Waals surface area contributed by atoms with Crippen LogP contribution in [0.4, 0.5) is 64.1 Å². The SMILES string of the molecule is O=C1Nc2c(F)c(F)c(C(F)(F)F)c(F)c2Oc2ccccc21.O=C1Nc2c(F)c(F)c(C(F)(F)F)c(F)c2Oc2ccccc21. The van der Waals surface area contributed by atoms with Crippen LogP contribution >= 0.6 is 0 Å². The largest absolute Gasteiger partial charge is 0.451 e. The predicted molar refractivity (Wildman–Crippen MR) is 132 cm³/mol. The highest BCUT2D eigenvalue weighted by atomic mass is 19.4. The van der Waals surface area contributed by atoms with Crippen molar-refractivity contribution in [3.63, 3.8) is 0 Å². The van der Waals surface area contributed by atoms with Gasteiger partial charge in [-0.3, -0.25) is 9.59 Å². The molecule has 6 rings (SSSR count).